The number of carbonyl (C=O) groups excluding carboxylic acids is 1. The smallest absolute Gasteiger partial charge is 0.326 e. The third-order valence-corrected chi connectivity index (χ3v) is 3.30. The Hall–Kier alpha value is -2.16. The first-order valence-electron chi connectivity index (χ1n) is 6.22. The molecule has 2 amide bonds. The lowest BCUT2D eigenvalue weighted by Gasteiger charge is -2.23. The fourth-order valence-electron chi connectivity index (χ4n) is 2.29. The lowest BCUT2D eigenvalue weighted by Crippen LogP contribution is -2.47. The van der Waals surface area contributed by atoms with E-state index in [9.17, 15) is 14.7 Å². The van der Waals surface area contributed by atoms with Gasteiger partial charge in [-0.1, -0.05) is 0 Å². The molecule has 1 aliphatic rings. The lowest BCUT2D eigenvalue weighted by atomic mass is 10.2. The van der Waals surface area contributed by atoms with E-state index in [0.717, 1.165) is 4.90 Å². The van der Waals surface area contributed by atoms with Crippen LogP contribution in [0, 0.1) is 0 Å². The number of amides is 2. The average molecular weight is 283 g/mol. The van der Waals surface area contributed by atoms with Crippen molar-refractivity contribution in [1.82, 2.24) is 25.0 Å². The Labute approximate surface area is 115 Å². The Bertz CT molecular complexity index is 517. The van der Waals surface area contributed by atoms with Crippen molar-refractivity contribution in [2.75, 3.05) is 6.54 Å². The number of carbonyl (C=O) groups is 2. The summed E-state index contributed by atoms with van der Waals surface area (Å²) < 4.78 is 1.67. The Morgan fingerprint density at radius 2 is 2.25 bits per heavy atom. The highest BCUT2D eigenvalue weighted by Gasteiger charge is 2.39. The van der Waals surface area contributed by atoms with Crippen LogP contribution in [0.25, 0.3) is 0 Å². The molecule has 110 valence electrons. The summed E-state index contributed by atoms with van der Waals surface area (Å²) >= 11 is 0. The van der Waals surface area contributed by atoms with Crippen molar-refractivity contribution in [3.63, 3.8) is 0 Å². The number of carboxylic acid groups (broad SMARTS) is 1. The van der Waals surface area contributed by atoms with Gasteiger partial charge in [0.15, 0.2) is 5.82 Å². The van der Waals surface area contributed by atoms with Crippen molar-refractivity contribution in [1.29, 1.82) is 0 Å². The van der Waals surface area contributed by atoms with E-state index in [1.807, 2.05) is 0 Å². The molecule has 0 aliphatic carbocycles. The molecular weight excluding hydrogens is 266 g/mol. The summed E-state index contributed by atoms with van der Waals surface area (Å²) in [6.07, 6.45) is 0.741. The Balaban J connectivity index is 2.04. The first-order valence-corrected chi connectivity index (χ1v) is 6.22. The number of aromatic nitrogens is 3. The molecule has 0 aromatic carbocycles. The highest BCUT2D eigenvalue weighted by Crippen LogP contribution is 2.19. The maximum absolute atomic E-state index is 12.1. The molecule has 0 saturated carbocycles. The summed E-state index contributed by atoms with van der Waals surface area (Å²) in [7, 11) is 1.75. The van der Waals surface area contributed by atoms with Crippen molar-refractivity contribution in [3.05, 3.63) is 12.2 Å². The fraction of sp³-hybridized carbons (Fsp3) is 0.636. The van der Waals surface area contributed by atoms with E-state index >= 15 is 0 Å². The molecule has 20 heavy (non-hydrogen) atoms. The normalized spacial score (nSPS) is 23.6. The Morgan fingerprint density at radius 3 is 2.80 bits per heavy atom. The van der Waals surface area contributed by atoms with Crippen molar-refractivity contribution in [2.24, 2.45) is 7.05 Å². The van der Waals surface area contributed by atoms with E-state index in [1.165, 1.54) is 6.33 Å². The van der Waals surface area contributed by atoms with Crippen LogP contribution in [0.3, 0.4) is 0 Å². The van der Waals surface area contributed by atoms with Gasteiger partial charge in [-0.2, -0.15) is 0 Å². The van der Waals surface area contributed by atoms with E-state index in [-0.39, 0.29) is 13.0 Å². The summed E-state index contributed by atoms with van der Waals surface area (Å²) in [5, 5.41) is 28.8. The van der Waals surface area contributed by atoms with Gasteiger partial charge in [-0.05, 0) is 6.92 Å². The van der Waals surface area contributed by atoms with Gasteiger partial charge in [0.25, 0.3) is 0 Å². The second kappa shape index (κ2) is 5.45. The van der Waals surface area contributed by atoms with E-state index in [1.54, 1.807) is 18.5 Å². The van der Waals surface area contributed by atoms with E-state index in [2.05, 4.69) is 15.5 Å². The van der Waals surface area contributed by atoms with Crippen LogP contribution in [0.2, 0.25) is 0 Å². The number of nitrogens with zero attached hydrogens (tertiary/aromatic N) is 4. The number of aliphatic hydroxyl groups excluding tert-OH is 1. The van der Waals surface area contributed by atoms with Gasteiger partial charge in [0.2, 0.25) is 0 Å². The summed E-state index contributed by atoms with van der Waals surface area (Å²) in [6.45, 7) is 1.73. The zero-order valence-electron chi connectivity index (χ0n) is 11.2. The first-order chi connectivity index (χ1) is 9.40. The number of β-amino-alcohol motifs (C(OH)–C–C–N with tert-alkyl or cyclic N) is 1. The number of hydrogen-bond acceptors (Lipinski definition) is 5. The maximum atomic E-state index is 12.1. The molecule has 1 fully saturated rings. The van der Waals surface area contributed by atoms with Gasteiger partial charge < -0.3 is 25.0 Å². The summed E-state index contributed by atoms with van der Waals surface area (Å²) in [5.41, 5.74) is 0. The monoisotopic (exact) mass is 283 g/mol. The maximum Gasteiger partial charge on any atom is 0.326 e. The molecule has 3 N–H and O–H groups in total. The van der Waals surface area contributed by atoms with E-state index in [0.29, 0.717) is 5.82 Å². The standard InChI is InChI=1S/C11H17N5O4/c1-6(9-14-12-5-15(9)2)13-11(20)16-4-7(17)3-8(16)10(18)19/h5-8,17H,3-4H2,1-2H3,(H,13,20)(H,18,19)/t6?,7-,8+/m1/s1. The minimum Gasteiger partial charge on any atom is -0.480 e. The fourth-order valence-corrected chi connectivity index (χ4v) is 2.29. The third kappa shape index (κ3) is 2.72. The van der Waals surface area contributed by atoms with Gasteiger partial charge in [-0.3, -0.25) is 0 Å². The minimum absolute atomic E-state index is 0.00827. The molecule has 3 atom stereocenters. The molecule has 1 aliphatic heterocycles. The number of nitrogens with one attached hydrogen (secondary N) is 1. The van der Waals surface area contributed by atoms with Crippen LogP contribution in [0.1, 0.15) is 25.2 Å². The third-order valence-electron chi connectivity index (χ3n) is 3.30. The first kappa shape index (κ1) is 14.3. The molecule has 1 aromatic heterocycles. The van der Waals surface area contributed by atoms with Crippen molar-refractivity contribution < 1.29 is 19.8 Å². The molecule has 9 heteroatoms. The highest BCUT2D eigenvalue weighted by molar-refractivity contribution is 5.83. The molecule has 0 radical (unpaired) electrons. The van der Waals surface area contributed by atoms with Gasteiger partial charge in [-0.25, -0.2) is 9.59 Å². The Kier molecular flexibility index (Phi) is 3.89. The number of likely N-dealkylation sites (tertiary alicyclic amines) is 1. The van der Waals surface area contributed by atoms with Crippen LogP contribution in [0.4, 0.5) is 4.79 Å². The number of urea groups is 1. The van der Waals surface area contributed by atoms with Crippen molar-refractivity contribution in [3.8, 4) is 0 Å². The van der Waals surface area contributed by atoms with Gasteiger partial charge in [0, 0.05) is 20.0 Å². The number of aryl methyl sites for hydroxylation is 1. The quantitative estimate of drug-likeness (QED) is 0.661. The SMILES string of the molecule is CC(NC(=O)N1C[C@H](O)C[C@H]1C(=O)O)c1nncn1C. The van der Waals surface area contributed by atoms with E-state index in [4.69, 9.17) is 5.11 Å². The molecule has 2 heterocycles. The zero-order valence-corrected chi connectivity index (χ0v) is 11.2. The second-order valence-corrected chi connectivity index (χ2v) is 4.87. The van der Waals surface area contributed by atoms with Crippen molar-refractivity contribution >= 4 is 12.0 Å². The zero-order chi connectivity index (χ0) is 14.9. The predicted octanol–water partition coefficient (Wildman–Crippen LogP) is -0.894. The number of aliphatic hydroxyl groups is 1. The molecule has 0 bridgehead atoms. The Morgan fingerprint density at radius 1 is 1.55 bits per heavy atom. The van der Waals surface area contributed by atoms with Gasteiger partial charge in [-0.15, -0.1) is 10.2 Å². The molecular formula is C11H17N5O4. The number of carboxylic acids is 1. The summed E-state index contributed by atoms with van der Waals surface area (Å²) in [6, 6.07) is -1.96. The van der Waals surface area contributed by atoms with Crippen LogP contribution in [-0.4, -0.2) is 60.6 Å². The van der Waals surface area contributed by atoms with Gasteiger partial charge in [0.1, 0.15) is 12.4 Å². The highest BCUT2D eigenvalue weighted by atomic mass is 16.4. The summed E-state index contributed by atoms with van der Waals surface area (Å²) in [5.74, 6) is -0.562. The van der Waals surface area contributed by atoms with Crippen molar-refractivity contribution in [2.45, 2.75) is 31.5 Å². The molecule has 1 saturated heterocycles. The van der Waals surface area contributed by atoms with Gasteiger partial charge >= 0.3 is 12.0 Å². The van der Waals surface area contributed by atoms with E-state index < -0.39 is 30.2 Å². The number of hydrogen-bond donors (Lipinski definition) is 3. The molecule has 1 aromatic rings. The predicted molar refractivity (Wildman–Crippen MR) is 66.7 cm³/mol. The molecule has 0 spiro atoms. The largest absolute Gasteiger partial charge is 0.480 e. The van der Waals surface area contributed by atoms with Crippen LogP contribution in [-0.2, 0) is 11.8 Å². The van der Waals surface area contributed by atoms with Crippen LogP contribution < -0.4 is 5.32 Å². The van der Waals surface area contributed by atoms with Crippen LogP contribution >= 0.6 is 0 Å². The lowest BCUT2D eigenvalue weighted by molar-refractivity contribution is -0.141. The van der Waals surface area contributed by atoms with Crippen LogP contribution in [0.5, 0.6) is 0 Å². The number of aliphatic carboxylic acids is 1. The average Bonchev–Trinajstić information content (AvgIpc) is 2.95. The minimum atomic E-state index is -1.12. The number of rotatable bonds is 3. The molecule has 1 unspecified atom stereocenters. The second-order valence-electron chi connectivity index (χ2n) is 4.87. The topological polar surface area (TPSA) is 121 Å². The van der Waals surface area contributed by atoms with Crippen LogP contribution in [0.15, 0.2) is 6.33 Å². The molecule has 2 rings (SSSR count). The molecule has 9 nitrogen and oxygen atoms in total. The summed E-state index contributed by atoms with van der Waals surface area (Å²) in [4.78, 5) is 24.3. The van der Waals surface area contributed by atoms with Gasteiger partial charge in [0.05, 0.1) is 12.1 Å².